The minimum absolute atomic E-state index is 0.259. The quantitative estimate of drug-likeness (QED) is 0.696. The van der Waals surface area contributed by atoms with Crippen molar-refractivity contribution < 1.29 is 0 Å². The predicted octanol–water partition coefficient (Wildman–Crippen LogP) is 4.44. The average molecular weight is 283 g/mol. The van der Waals surface area contributed by atoms with Gasteiger partial charge in [-0.1, -0.05) is 37.3 Å². The van der Waals surface area contributed by atoms with Gasteiger partial charge in [-0.15, -0.1) is 11.3 Å². The number of nitrogens with two attached hydrogens (primary N) is 1. The second kappa shape index (κ2) is 5.51. The Hall–Kier alpha value is -2.07. The Kier molecular flexibility index (Phi) is 3.56. The molecule has 1 aromatic heterocycles. The van der Waals surface area contributed by atoms with E-state index in [0.29, 0.717) is 0 Å². The summed E-state index contributed by atoms with van der Waals surface area (Å²) in [7, 11) is 0. The molecular weight excluding hydrogens is 266 g/mol. The van der Waals surface area contributed by atoms with Gasteiger partial charge in [-0.25, -0.2) is 4.98 Å². The van der Waals surface area contributed by atoms with Crippen LogP contribution in [0.4, 0.5) is 11.4 Å². The van der Waals surface area contributed by atoms with Gasteiger partial charge in [0.25, 0.3) is 0 Å². The fraction of sp³-hybridized carbons (Fsp3) is 0.188. The molecule has 0 fully saturated rings. The van der Waals surface area contributed by atoms with Crippen LogP contribution >= 0.6 is 11.3 Å². The molecule has 0 bridgehead atoms. The highest BCUT2D eigenvalue weighted by molar-refractivity contribution is 7.16. The van der Waals surface area contributed by atoms with Gasteiger partial charge in [0.05, 0.1) is 27.6 Å². The van der Waals surface area contributed by atoms with Gasteiger partial charge in [-0.05, 0) is 24.1 Å². The number of nitrogens with zero attached hydrogens (tertiary/aromatic N) is 1. The van der Waals surface area contributed by atoms with Crippen LogP contribution in [0.3, 0.4) is 0 Å². The Morgan fingerprint density at radius 2 is 2.00 bits per heavy atom. The van der Waals surface area contributed by atoms with Gasteiger partial charge in [-0.3, -0.25) is 0 Å². The van der Waals surface area contributed by atoms with E-state index in [9.17, 15) is 0 Å². The van der Waals surface area contributed by atoms with Gasteiger partial charge >= 0.3 is 0 Å². The first kappa shape index (κ1) is 12.9. The van der Waals surface area contributed by atoms with Gasteiger partial charge < -0.3 is 11.1 Å². The van der Waals surface area contributed by atoms with Gasteiger partial charge in [0.15, 0.2) is 0 Å². The number of aromatic nitrogens is 1. The van der Waals surface area contributed by atoms with Crippen LogP contribution in [-0.2, 0) is 0 Å². The number of nitrogen functional groups attached to an aromatic ring is 1. The molecule has 0 spiro atoms. The Labute approximate surface area is 122 Å². The van der Waals surface area contributed by atoms with Crippen molar-refractivity contribution in [3.8, 4) is 0 Å². The molecule has 1 heterocycles. The maximum absolute atomic E-state index is 6.23. The highest BCUT2D eigenvalue weighted by atomic mass is 32.1. The average Bonchev–Trinajstić information content (AvgIpc) is 2.97. The number of anilines is 2. The minimum atomic E-state index is 0.259. The van der Waals surface area contributed by atoms with Crippen LogP contribution < -0.4 is 11.1 Å². The van der Waals surface area contributed by atoms with Gasteiger partial charge in [0, 0.05) is 0 Å². The Morgan fingerprint density at radius 1 is 1.20 bits per heavy atom. The summed E-state index contributed by atoms with van der Waals surface area (Å²) < 4.78 is 1.13. The molecule has 0 aliphatic carbocycles. The molecule has 102 valence electrons. The largest absolute Gasteiger partial charge is 0.395 e. The topological polar surface area (TPSA) is 50.9 Å². The number of rotatable bonds is 4. The molecule has 3 aromatic rings. The lowest BCUT2D eigenvalue weighted by Crippen LogP contribution is -2.11. The Morgan fingerprint density at radius 3 is 2.75 bits per heavy atom. The van der Waals surface area contributed by atoms with Crippen LogP contribution in [0.15, 0.2) is 48.0 Å². The van der Waals surface area contributed by atoms with Gasteiger partial charge in [0.2, 0.25) is 0 Å². The van der Waals surface area contributed by atoms with Crippen molar-refractivity contribution in [3.05, 3.63) is 53.5 Å². The van der Waals surface area contributed by atoms with Crippen LogP contribution in [0, 0.1) is 0 Å². The van der Waals surface area contributed by atoms with Crippen molar-refractivity contribution in [1.29, 1.82) is 0 Å². The molecule has 3 N–H and O–H groups in total. The lowest BCUT2D eigenvalue weighted by Gasteiger charge is -2.20. The van der Waals surface area contributed by atoms with Crippen LogP contribution in [0.1, 0.15) is 24.9 Å². The number of thiazole rings is 1. The van der Waals surface area contributed by atoms with Gasteiger partial charge in [0.1, 0.15) is 5.52 Å². The van der Waals surface area contributed by atoms with E-state index >= 15 is 0 Å². The summed E-state index contributed by atoms with van der Waals surface area (Å²) in [5.41, 5.74) is 11.9. The van der Waals surface area contributed by atoms with E-state index < -0.39 is 0 Å². The van der Waals surface area contributed by atoms with E-state index in [-0.39, 0.29) is 6.04 Å². The fourth-order valence-electron chi connectivity index (χ4n) is 2.37. The van der Waals surface area contributed by atoms with Crippen LogP contribution in [-0.4, -0.2) is 4.98 Å². The summed E-state index contributed by atoms with van der Waals surface area (Å²) in [6, 6.07) is 14.8. The third-order valence-electron chi connectivity index (χ3n) is 3.48. The van der Waals surface area contributed by atoms with Crippen LogP contribution in [0.5, 0.6) is 0 Å². The van der Waals surface area contributed by atoms with Crippen molar-refractivity contribution in [2.45, 2.75) is 19.4 Å². The van der Waals surface area contributed by atoms with Crippen molar-refractivity contribution in [3.63, 3.8) is 0 Å². The predicted molar refractivity (Wildman–Crippen MR) is 87.1 cm³/mol. The summed E-state index contributed by atoms with van der Waals surface area (Å²) in [6.07, 6.45) is 0.999. The zero-order valence-corrected chi connectivity index (χ0v) is 12.2. The summed E-state index contributed by atoms with van der Waals surface area (Å²) in [5.74, 6) is 0. The van der Waals surface area contributed by atoms with Crippen LogP contribution in [0.2, 0.25) is 0 Å². The molecular formula is C16H17N3S. The molecule has 3 rings (SSSR count). The maximum Gasteiger partial charge on any atom is 0.106 e. The molecule has 0 saturated heterocycles. The summed E-state index contributed by atoms with van der Waals surface area (Å²) in [4.78, 5) is 4.34. The molecule has 4 heteroatoms. The van der Waals surface area contributed by atoms with E-state index in [2.05, 4.69) is 47.6 Å². The first-order valence-corrected chi connectivity index (χ1v) is 7.60. The highest BCUT2D eigenvalue weighted by Gasteiger charge is 2.12. The number of hydrogen-bond acceptors (Lipinski definition) is 4. The zero-order valence-electron chi connectivity index (χ0n) is 11.3. The van der Waals surface area contributed by atoms with E-state index in [1.165, 1.54) is 5.56 Å². The monoisotopic (exact) mass is 283 g/mol. The molecule has 3 nitrogen and oxygen atoms in total. The zero-order chi connectivity index (χ0) is 13.9. The van der Waals surface area contributed by atoms with E-state index in [1.54, 1.807) is 11.3 Å². The van der Waals surface area contributed by atoms with Crippen molar-refractivity contribution >= 4 is 32.9 Å². The first-order chi connectivity index (χ1) is 9.79. The molecule has 0 radical (unpaired) electrons. The molecule has 2 aromatic carbocycles. The number of nitrogens with one attached hydrogen (secondary N) is 1. The first-order valence-electron chi connectivity index (χ1n) is 6.72. The lowest BCUT2D eigenvalue weighted by molar-refractivity contribution is 0.750. The highest BCUT2D eigenvalue weighted by Crippen LogP contribution is 2.32. The van der Waals surface area contributed by atoms with E-state index in [1.807, 2.05) is 17.6 Å². The summed E-state index contributed by atoms with van der Waals surface area (Å²) in [6.45, 7) is 2.17. The molecule has 0 amide bonds. The molecule has 0 aliphatic heterocycles. The molecule has 0 saturated carbocycles. The smallest absolute Gasteiger partial charge is 0.106 e. The normalized spacial score (nSPS) is 12.4. The fourth-order valence-corrected chi connectivity index (χ4v) is 3.06. The summed E-state index contributed by atoms with van der Waals surface area (Å²) in [5, 5.41) is 3.53. The van der Waals surface area contributed by atoms with Gasteiger partial charge in [-0.2, -0.15) is 0 Å². The minimum Gasteiger partial charge on any atom is -0.395 e. The summed E-state index contributed by atoms with van der Waals surface area (Å²) >= 11 is 1.61. The number of hydrogen-bond donors (Lipinski definition) is 2. The third kappa shape index (κ3) is 2.34. The second-order valence-electron chi connectivity index (χ2n) is 4.74. The number of benzene rings is 2. The lowest BCUT2D eigenvalue weighted by atomic mass is 10.0. The molecule has 1 unspecified atom stereocenters. The van der Waals surface area contributed by atoms with Crippen molar-refractivity contribution in [2.75, 3.05) is 11.1 Å². The van der Waals surface area contributed by atoms with E-state index in [0.717, 1.165) is 28.0 Å². The van der Waals surface area contributed by atoms with E-state index in [4.69, 9.17) is 5.73 Å². The molecule has 20 heavy (non-hydrogen) atoms. The third-order valence-corrected chi connectivity index (χ3v) is 4.28. The molecule has 1 atom stereocenters. The Bertz CT molecular complexity index is 706. The second-order valence-corrected chi connectivity index (χ2v) is 5.63. The maximum atomic E-state index is 6.23. The Balaban J connectivity index is 1.93. The van der Waals surface area contributed by atoms with Crippen LogP contribution in [0.25, 0.3) is 10.2 Å². The van der Waals surface area contributed by atoms with Crippen molar-refractivity contribution in [2.24, 2.45) is 0 Å². The van der Waals surface area contributed by atoms with Crippen molar-refractivity contribution in [1.82, 2.24) is 4.98 Å². The standard InChI is InChI=1S/C16H17N3S/c1-2-12(11-6-4-3-5-7-11)19-13-8-9-14-16(15(13)17)18-10-20-14/h3-10,12,19H,2,17H2,1H3. The number of fused-ring (bicyclic) bond motifs is 1. The SMILES string of the molecule is CCC(Nc1ccc2scnc2c1N)c1ccccc1. The molecule has 0 aliphatic rings.